The number of rotatable bonds is 6. The molecule has 0 fully saturated rings. The van der Waals surface area contributed by atoms with E-state index in [1.54, 1.807) is 25.3 Å². The highest BCUT2D eigenvalue weighted by atomic mass is 32.2. The summed E-state index contributed by atoms with van der Waals surface area (Å²) in [5.41, 5.74) is 2.47. The molecular weight excluding hydrogens is 400 g/mol. The molecule has 30 heavy (non-hydrogen) atoms. The van der Waals surface area contributed by atoms with Gasteiger partial charge >= 0.3 is 0 Å². The summed E-state index contributed by atoms with van der Waals surface area (Å²) in [6, 6.07) is 23.6. The Balaban J connectivity index is 1.94. The smallest absolute Gasteiger partial charge is 0.238 e. The van der Waals surface area contributed by atoms with E-state index in [1.807, 2.05) is 54.6 Å². The van der Waals surface area contributed by atoms with Gasteiger partial charge < -0.3 is 9.15 Å². The number of oxazole rings is 1. The molecule has 0 aliphatic heterocycles. The summed E-state index contributed by atoms with van der Waals surface area (Å²) >= 11 is 0. The summed E-state index contributed by atoms with van der Waals surface area (Å²) < 4.78 is 36.0. The molecule has 4 rings (SSSR count). The van der Waals surface area contributed by atoms with Crippen molar-refractivity contribution in [3.8, 4) is 28.3 Å². The van der Waals surface area contributed by atoms with Gasteiger partial charge in [0.05, 0.1) is 17.6 Å². The molecule has 0 radical (unpaired) electrons. The number of nitrogens with two attached hydrogens (primary N) is 1. The van der Waals surface area contributed by atoms with Crippen molar-refractivity contribution in [2.24, 2.45) is 5.14 Å². The van der Waals surface area contributed by atoms with Gasteiger partial charge in [-0.1, -0.05) is 60.7 Å². The number of benzene rings is 3. The van der Waals surface area contributed by atoms with Crippen molar-refractivity contribution in [3.05, 3.63) is 90.3 Å². The van der Waals surface area contributed by atoms with E-state index in [0.29, 0.717) is 40.6 Å². The molecule has 6 nitrogen and oxygen atoms in total. The van der Waals surface area contributed by atoms with E-state index in [0.717, 1.165) is 5.56 Å². The molecule has 3 aromatic carbocycles. The minimum Gasteiger partial charge on any atom is -0.496 e. The zero-order valence-corrected chi connectivity index (χ0v) is 17.1. The molecule has 0 bridgehead atoms. The van der Waals surface area contributed by atoms with Gasteiger partial charge in [-0.3, -0.25) is 0 Å². The van der Waals surface area contributed by atoms with Gasteiger partial charge in [0.25, 0.3) is 0 Å². The van der Waals surface area contributed by atoms with Gasteiger partial charge in [0, 0.05) is 12.0 Å². The van der Waals surface area contributed by atoms with E-state index in [2.05, 4.69) is 4.98 Å². The number of hydrogen-bond acceptors (Lipinski definition) is 5. The van der Waals surface area contributed by atoms with E-state index >= 15 is 0 Å². The number of methoxy groups -OCH3 is 1. The van der Waals surface area contributed by atoms with Crippen molar-refractivity contribution in [2.75, 3.05) is 7.11 Å². The van der Waals surface area contributed by atoms with Crippen molar-refractivity contribution in [1.82, 2.24) is 4.98 Å². The van der Waals surface area contributed by atoms with Gasteiger partial charge in [-0.05, 0) is 23.8 Å². The summed E-state index contributed by atoms with van der Waals surface area (Å²) in [5.74, 6) is 1.48. The quantitative estimate of drug-likeness (QED) is 0.503. The molecule has 0 aliphatic carbocycles. The second kappa shape index (κ2) is 8.14. The zero-order valence-electron chi connectivity index (χ0n) is 16.3. The second-order valence-electron chi connectivity index (χ2n) is 6.69. The molecule has 0 unspecified atom stereocenters. The van der Waals surface area contributed by atoms with Gasteiger partial charge in [0.1, 0.15) is 11.4 Å². The van der Waals surface area contributed by atoms with Gasteiger partial charge in [-0.2, -0.15) is 0 Å². The summed E-state index contributed by atoms with van der Waals surface area (Å²) in [6.07, 6.45) is 0.459. The van der Waals surface area contributed by atoms with Crippen LogP contribution in [0.2, 0.25) is 0 Å². The molecule has 0 atom stereocenters. The van der Waals surface area contributed by atoms with Crippen LogP contribution in [0.4, 0.5) is 0 Å². The van der Waals surface area contributed by atoms with Crippen molar-refractivity contribution in [2.45, 2.75) is 11.3 Å². The summed E-state index contributed by atoms with van der Waals surface area (Å²) in [5, 5.41) is 5.46. The average Bonchev–Trinajstić information content (AvgIpc) is 3.17. The molecule has 0 spiro atoms. The van der Waals surface area contributed by atoms with Crippen molar-refractivity contribution in [1.29, 1.82) is 0 Å². The molecule has 7 heteroatoms. The molecule has 0 amide bonds. The first kappa shape index (κ1) is 19.9. The van der Waals surface area contributed by atoms with Crippen LogP contribution in [0.3, 0.4) is 0 Å². The Morgan fingerprint density at radius 1 is 0.900 bits per heavy atom. The van der Waals surface area contributed by atoms with Crippen LogP contribution in [0.15, 0.2) is 88.2 Å². The fraction of sp³-hybridized carbons (Fsp3) is 0.0870. The molecule has 0 saturated carbocycles. The molecule has 0 saturated heterocycles. The van der Waals surface area contributed by atoms with Crippen molar-refractivity contribution in [3.63, 3.8) is 0 Å². The van der Waals surface area contributed by atoms with Gasteiger partial charge in [-0.25, -0.2) is 18.5 Å². The Hall–Kier alpha value is -3.42. The highest BCUT2D eigenvalue weighted by Gasteiger charge is 2.24. The lowest BCUT2D eigenvalue weighted by Gasteiger charge is -2.09. The fourth-order valence-electron chi connectivity index (χ4n) is 3.32. The van der Waals surface area contributed by atoms with Crippen LogP contribution in [0, 0.1) is 0 Å². The van der Waals surface area contributed by atoms with Crippen LogP contribution in [-0.2, 0) is 16.4 Å². The lowest BCUT2D eigenvalue weighted by Crippen LogP contribution is -2.13. The first-order valence-electron chi connectivity index (χ1n) is 9.26. The third-order valence-corrected chi connectivity index (χ3v) is 5.64. The molecule has 1 heterocycles. The van der Waals surface area contributed by atoms with Crippen LogP contribution in [0.5, 0.6) is 5.75 Å². The number of sulfonamides is 1. The predicted octanol–water partition coefficient (Wildman–Crippen LogP) is 4.26. The highest BCUT2D eigenvalue weighted by molar-refractivity contribution is 7.89. The number of hydrogen-bond donors (Lipinski definition) is 1. The number of ether oxygens (including phenoxy) is 1. The summed E-state index contributed by atoms with van der Waals surface area (Å²) in [7, 11) is -2.39. The van der Waals surface area contributed by atoms with Crippen LogP contribution >= 0.6 is 0 Å². The number of para-hydroxylation sites is 1. The lowest BCUT2D eigenvalue weighted by molar-refractivity contribution is 0.414. The standard InChI is InChI=1S/C23H20N2O4S/c1-28-19-13-7-5-11-17(19)23-22(18-12-6-8-14-20(18)30(24,26)27)25-21(29-23)15-16-9-3-2-4-10-16/h2-14H,15H2,1H3,(H2,24,26,27). The molecule has 2 N–H and O–H groups in total. The van der Waals surface area contributed by atoms with Crippen LogP contribution in [0.1, 0.15) is 11.5 Å². The van der Waals surface area contributed by atoms with Gasteiger partial charge in [0.15, 0.2) is 11.7 Å². The zero-order chi connectivity index (χ0) is 21.1. The first-order valence-corrected chi connectivity index (χ1v) is 10.8. The summed E-state index contributed by atoms with van der Waals surface area (Å²) in [4.78, 5) is 4.65. The molecular formula is C23H20N2O4S. The first-order chi connectivity index (χ1) is 14.5. The van der Waals surface area contributed by atoms with Gasteiger partial charge in [0.2, 0.25) is 10.0 Å². The molecule has 152 valence electrons. The Morgan fingerprint density at radius 3 is 2.23 bits per heavy atom. The van der Waals surface area contributed by atoms with E-state index in [4.69, 9.17) is 14.3 Å². The fourth-order valence-corrected chi connectivity index (χ4v) is 4.06. The number of nitrogens with zero attached hydrogens (tertiary/aromatic N) is 1. The third kappa shape index (κ3) is 3.98. The van der Waals surface area contributed by atoms with E-state index < -0.39 is 10.0 Å². The predicted molar refractivity (Wildman–Crippen MR) is 115 cm³/mol. The number of aromatic nitrogens is 1. The maximum Gasteiger partial charge on any atom is 0.238 e. The SMILES string of the molecule is COc1ccccc1-c1oc(Cc2ccccc2)nc1-c1ccccc1S(N)(=O)=O. The maximum absolute atomic E-state index is 12.2. The van der Waals surface area contributed by atoms with Gasteiger partial charge in [-0.15, -0.1) is 0 Å². The normalized spacial score (nSPS) is 11.4. The second-order valence-corrected chi connectivity index (χ2v) is 8.22. The minimum absolute atomic E-state index is 0.0132. The Kier molecular flexibility index (Phi) is 5.39. The molecule has 4 aromatic rings. The third-order valence-electron chi connectivity index (χ3n) is 4.67. The number of primary sulfonamides is 1. The average molecular weight is 420 g/mol. The maximum atomic E-state index is 12.2. The van der Waals surface area contributed by atoms with Crippen LogP contribution in [-0.4, -0.2) is 20.5 Å². The van der Waals surface area contributed by atoms with E-state index in [1.165, 1.54) is 6.07 Å². The van der Waals surface area contributed by atoms with E-state index in [-0.39, 0.29) is 4.90 Å². The Morgan fingerprint density at radius 2 is 1.53 bits per heavy atom. The Bertz CT molecular complexity index is 1280. The largest absolute Gasteiger partial charge is 0.496 e. The molecule has 0 aliphatic rings. The highest BCUT2D eigenvalue weighted by Crippen LogP contribution is 2.39. The topological polar surface area (TPSA) is 95.4 Å². The minimum atomic E-state index is -3.96. The lowest BCUT2D eigenvalue weighted by atomic mass is 10.0. The van der Waals surface area contributed by atoms with E-state index in [9.17, 15) is 8.42 Å². The van der Waals surface area contributed by atoms with Crippen LogP contribution < -0.4 is 9.88 Å². The monoisotopic (exact) mass is 420 g/mol. The van der Waals surface area contributed by atoms with Crippen molar-refractivity contribution >= 4 is 10.0 Å². The molecule has 1 aromatic heterocycles. The van der Waals surface area contributed by atoms with Crippen LogP contribution in [0.25, 0.3) is 22.6 Å². The summed E-state index contributed by atoms with van der Waals surface area (Å²) in [6.45, 7) is 0. The van der Waals surface area contributed by atoms with Crippen molar-refractivity contribution < 1.29 is 17.6 Å². The Labute approximate surface area is 175 Å².